The minimum Gasteiger partial charge on any atom is -0.496 e. The molecule has 1 saturated heterocycles. The number of fused-ring (bicyclic) bond motifs is 1. The lowest BCUT2D eigenvalue weighted by Gasteiger charge is -2.25. The third-order valence-electron chi connectivity index (χ3n) is 6.18. The number of methoxy groups -OCH3 is 1. The molecular formula is C24H35N4O10P. The summed E-state index contributed by atoms with van der Waals surface area (Å²) < 4.78 is 20.7. The van der Waals surface area contributed by atoms with Gasteiger partial charge in [0.2, 0.25) is 11.8 Å². The number of amides is 3. The summed E-state index contributed by atoms with van der Waals surface area (Å²) >= 11 is 0. The van der Waals surface area contributed by atoms with Crippen molar-refractivity contribution in [1.82, 2.24) is 20.9 Å². The Bertz CT molecular complexity index is 1240. The van der Waals surface area contributed by atoms with Crippen LogP contribution in [0.3, 0.4) is 0 Å². The molecule has 2 heterocycles. The van der Waals surface area contributed by atoms with Gasteiger partial charge in [-0.15, -0.1) is 0 Å². The minimum absolute atomic E-state index is 0. The van der Waals surface area contributed by atoms with Gasteiger partial charge in [-0.25, -0.2) is 4.57 Å². The van der Waals surface area contributed by atoms with E-state index in [1.807, 2.05) is 13.8 Å². The van der Waals surface area contributed by atoms with Crippen LogP contribution < -0.4 is 20.7 Å². The first-order chi connectivity index (χ1) is 17.9. The first kappa shape index (κ1) is 31.9. The van der Waals surface area contributed by atoms with Gasteiger partial charge in [0.25, 0.3) is 5.91 Å². The number of Topliss-reactive ketones (excluding diaryl/α,β-unsaturated/α-hetero) is 1. The highest BCUT2D eigenvalue weighted by atomic mass is 31.2. The molecule has 14 nitrogen and oxygen atoms in total. The number of nitrogens with one attached hydrogen (secondary N) is 4. The number of carbonyl (C=O) groups excluding carboxylic acids is 4. The van der Waals surface area contributed by atoms with Crippen LogP contribution >= 0.6 is 7.82 Å². The number of phosphoric ester groups is 1. The molecule has 3 amide bonds. The quantitative estimate of drug-likeness (QED) is 0.180. The van der Waals surface area contributed by atoms with E-state index in [0.29, 0.717) is 29.6 Å². The summed E-state index contributed by atoms with van der Waals surface area (Å²) in [5, 5.41) is 8.60. The zero-order valence-electron chi connectivity index (χ0n) is 21.9. The highest BCUT2D eigenvalue weighted by molar-refractivity contribution is 7.46. The molecule has 3 atom stereocenters. The maximum atomic E-state index is 13.3. The summed E-state index contributed by atoms with van der Waals surface area (Å²) in [5.74, 6) is -2.32. The molecule has 0 radical (unpaired) electrons. The second-order valence-electron chi connectivity index (χ2n) is 9.56. The van der Waals surface area contributed by atoms with Gasteiger partial charge in [-0.3, -0.25) is 23.7 Å². The Hall–Kier alpha value is -3.29. The third-order valence-corrected chi connectivity index (χ3v) is 6.65. The summed E-state index contributed by atoms with van der Waals surface area (Å²) in [5.41, 5.74) is 0.876. The number of rotatable bonds is 13. The summed E-state index contributed by atoms with van der Waals surface area (Å²) in [6.45, 7) is 3.18. The number of ether oxygens (including phenoxy) is 1. The van der Waals surface area contributed by atoms with Crippen molar-refractivity contribution in [3.63, 3.8) is 0 Å². The minimum atomic E-state index is -4.93. The first-order valence-electron chi connectivity index (χ1n) is 12.2. The molecule has 2 aromatic rings. The molecule has 0 spiro atoms. The molecule has 1 fully saturated rings. The average molecular weight is 571 g/mol. The highest BCUT2D eigenvalue weighted by Gasteiger charge is 2.34. The standard InChI is InChI=1S/C24H33N4O9P.H2O/c1-13(2)9-18(28-24(32)19-11-15-16(26-19)5-4-6-21(15)36-3)23(31)27-17(10-14-7-8-25-22(14)30)20(29)12-37-38(33,34)35;/h4-6,11,13-14,17-18,26H,7-10,12H2,1-3H3,(H,25,30)(H,27,31)(H,28,32)(H2,33,34,35);1H2/t14-,17?,18?;/m0./s1. The fourth-order valence-electron chi connectivity index (χ4n) is 4.31. The van der Waals surface area contributed by atoms with Gasteiger partial charge >= 0.3 is 7.82 Å². The number of aromatic nitrogens is 1. The summed E-state index contributed by atoms with van der Waals surface area (Å²) in [7, 11) is -3.42. The molecule has 1 aliphatic rings. The average Bonchev–Trinajstić information content (AvgIpc) is 3.46. The van der Waals surface area contributed by atoms with Gasteiger partial charge < -0.3 is 40.9 Å². The molecule has 39 heavy (non-hydrogen) atoms. The maximum absolute atomic E-state index is 13.3. The van der Waals surface area contributed by atoms with Gasteiger partial charge in [-0.2, -0.15) is 0 Å². The number of benzene rings is 1. The SMILES string of the molecule is COc1cccc2[nH]c(C(=O)NC(CC(C)C)C(=O)NC(C[C@@H]3CCNC3=O)C(=O)COP(=O)(O)O)cc12.O. The first-order valence-corrected chi connectivity index (χ1v) is 13.7. The van der Waals surface area contributed by atoms with Crippen molar-refractivity contribution in [2.24, 2.45) is 11.8 Å². The predicted molar refractivity (Wildman–Crippen MR) is 140 cm³/mol. The van der Waals surface area contributed by atoms with E-state index in [2.05, 4.69) is 25.5 Å². The molecule has 8 N–H and O–H groups in total. The Balaban J connectivity index is 0.00000533. The highest BCUT2D eigenvalue weighted by Crippen LogP contribution is 2.35. The Morgan fingerprint density at radius 3 is 2.49 bits per heavy atom. The molecule has 1 aromatic carbocycles. The molecule has 216 valence electrons. The summed E-state index contributed by atoms with van der Waals surface area (Å²) in [6, 6.07) is 4.62. The summed E-state index contributed by atoms with van der Waals surface area (Å²) in [6.07, 6.45) is 0.601. The predicted octanol–water partition coefficient (Wildman–Crippen LogP) is 0.186. The molecule has 0 bridgehead atoms. The Morgan fingerprint density at radius 2 is 1.90 bits per heavy atom. The fraction of sp³-hybridized carbons (Fsp3) is 0.500. The number of aromatic amines is 1. The zero-order valence-corrected chi connectivity index (χ0v) is 22.7. The van der Waals surface area contributed by atoms with E-state index in [4.69, 9.17) is 14.5 Å². The molecule has 0 aliphatic carbocycles. The number of hydrogen-bond acceptors (Lipinski definition) is 7. The van der Waals surface area contributed by atoms with Gasteiger partial charge in [0.05, 0.1) is 13.2 Å². The molecule has 2 unspecified atom stereocenters. The van der Waals surface area contributed by atoms with Crippen molar-refractivity contribution in [3.8, 4) is 5.75 Å². The maximum Gasteiger partial charge on any atom is 0.470 e. The van der Waals surface area contributed by atoms with Crippen LogP contribution in [-0.4, -0.2) is 76.1 Å². The van der Waals surface area contributed by atoms with Crippen LogP contribution in [0, 0.1) is 11.8 Å². The third kappa shape index (κ3) is 8.87. The lowest BCUT2D eigenvalue weighted by molar-refractivity contribution is -0.131. The zero-order chi connectivity index (χ0) is 28.0. The lowest BCUT2D eigenvalue weighted by Crippen LogP contribution is -2.53. The van der Waals surface area contributed by atoms with Crippen LogP contribution in [0.4, 0.5) is 0 Å². The largest absolute Gasteiger partial charge is 0.496 e. The number of ketones is 1. The molecule has 1 aromatic heterocycles. The fourth-order valence-corrected chi connectivity index (χ4v) is 4.61. The van der Waals surface area contributed by atoms with Crippen LogP contribution in [-0.2, 0) is 23.5 Å². The van der Waals surface area contributed by atoms with Crippen LogP contribution in [0.15, 0.2) is 24.3 Å². The number of hydrogen-bond donors (Lipinski definition) is 6. The van der Waals surface area contributed by atoms with Crippen LogP contribution in [0.2, 0.25) is 0 Å². The van der Waals surface area contributed by atoms with Gasteiger partial charge in [-0.05, 0) is 43.4 Å². The normalized spacial score (nSPS) is 16.8. The van der Waals surface area contributed by atoms with E-state index in [0.717, 1.165) is 0 Å². The van der Waals surface area contributed by atoms with Crippen LogP contribution in [0.1, 0.15) is 43.6 Å². The van der Waals surface area contributed by atoms with E-state index in [-0.39, 0.29) is 35.8 Å². The van der Waals surface area contributed by atoms with E-state index in [1.165, 1.54) is 7.11 Å². The van der Waals surface area contributed by atoms with E-state index < -0.39 is 50.0 Å². The van der Waals surface area contributed by atoms with Crippen LogP contribution in [0.5, 0.6) is 5.75 Å². The Morgan fingerprint density at radius 1 is 1.18 bits per heavy atom. The summed E-state index contributed by atoms with van der Waals surface area (Å²) in [4.78, 5) is 72.1. The van der Waals surface area contributed by atoms with E-state index in [9.17, 15) is 23.7 Å². The molecular weight excluding hydrogens is 535 g/mol. The van der Waals surface area contributed by atoms with Gasteiger partial charge in [0.1, 0.15) is 24.1 Å². The smallest absolute Gasteiger partial charge is 0.470 e. The topological polar surface area (TPSA) is 228 Å². The van der Waals surface area contributed by atoms with Crippen LogP contribution in [0.25, 0.3) is 10.9 Å². The second-order valence-corrected chi connectivity index (χ2v) is 10.8. The van der Waals surface area contributed by atoms with Crippen molar-refractivity contribution in [3.05, 3.63) is 30.0 Å². The van der Waals surface area contributed by atoms with Crippen molar-refractivity contribution in [1.29, 1.82) is 0 Å². The molecule has 3 rings (SSSR count). The number of carbonyl (C=O) groups is 4. The van der Waals surface area contributed by atoms with E-state index >= 15 is 0 Å². The van der Waals surface area contributed by atoms with Crippen molar-refractivity contribution in [2.75, 3.05) is 20.3 Å². The Kier molecular flexibility index (Phi) is 11.2. The van der Waals surface area contributed by atoms with E-state index in [1.54, 1.807) is 24.3 Å². The lowest BCUT2D eigenvalue weighted by atomic mass is 9.95. The van der Waals surface area contributed by atoms with Crippen molar-refractivity contribution < 1.29 is 48.3 Å². The van der Waals surface area contributed by atoms with Gasteiger partial charge in [0, 0.05) is 23.4 Å². The van der Waals surface area contributed by atoms with Gasteiger partial charge in [-0.1, -0.05) is 19.9 Å². The van der Waals surface area contributed by atoms with Crippen molar-refractivity contribution >= 4 is 42.2 Å². The van der Waals surface area contributed by atoms with Crippen molar-refractivity contribution in [2.45, 2.75) is 45.2 Å². The second kappa shape index (κ2) is 13.7. The molecule has 0 saturated carbocycles. The van der Waals surface area contributed by atoms with Gasteiger partial charge in [0.15, 0.2) is 5.78 Å². The number of H-pyrrole nitrogens is 1. The monoisotopic (exact) mass is 570 g/mol. The molecule has 1 aliphatic heterocycles. The Labute approximate surface area is 224 Å². The molecule has 15 heteroatoms. The number of phosphoric acid groups is 1.